The zero-order valence-electron chi connectivity index (χ0n) is 17.8. The summed E-state index contributed by atoms with van der Waals surface area (Å²) in [5, 5.41) is 6.49. The van der Waals surface area contributed by atoms with Crippen LogP contribution in [0.3, 0.4) is 0 Å². The van der Waals surface area contributed by atoms with E-state index in [2.05, 4.69) is 20.6 Å². The number of guanidine groups is 1. The Hall–Kier alpha value is -2.59. The Bertz CT molecular complexity index is 931. The van der Waals surface area contributed by atoms with Crippen LogP contribution in [0.1, 0.15) is 18.2 Å². The normalized spacial score (nSPS) is 11.0. The minimum absolute atomic E-state index is 0. The number of nitrogens with zero attached hydrogens (tertiary/aromatic N) is 2. The van der Waals surface area contributed by atoms with E-state index in [9.17, 15) is 0 Å². The van der Waals surface area contributed by atoms with Crippen LogP contribution in [0.5, 0.6) is 5.75 Å². The van der Waals surface area contributed by atoms with Gasteiger partial charge in [-0.1, -0.05) is 36.4 Å². The molecule has 0 saturated heterocycles. The van der Waals surface area contributed by atoms with E-state index in [1.807, 2.05) is 61.5 Å². The minimum atomic E-state index is 0. The molecule has 0 aliphatic rings. The second kappa shape index (κ2) is 13.7. The number of aliphatic imine (C=N–C) groups is 1. The molecule has 166 valence electrons. The molecule has 0 aliphatic carbocycles. The van der Waals surface area contributed by atoms with Gasteiger partial charge in [0.25, 0.3) is 0 Å². The molecule has 1 aromatic heterocycles. The first-order valence-electron chi connectivity index (χ1n) is 10.0. The third kappa shape index (κ3) is 7.87. The Kier molecular flexibility index (Phi) is 10.9. The highest BCUT2D eigenvalue weighted by molar-refractivity contribution is 14.0. The molecule has 0 unspecified atom stereocenters. The van der Waals surface area contributed by atoms with Gasteiger partial charge in [0, 0.05) is 24.2 Å². The zero-order chi connectivity index (χ0) is 21.0. The SMILES string of the molecule is CCNC(=NCc1coc(-c2ccccc2)n1)NCCOCc1ccccc1OC.I. The zero-order valence-corrected chi connectivity index (χ0v) is 20.2. The molecule has 0 aliphatic heterocycles. The van der Waals surface area contributed by atoms with Gasteiger partial charge in [0.1, 0.15) is 17.7 Å². The largest absolute Gasteiger partial charge is 0.496 e. The van der Waals surface area contributed by atoms with Gasteiger partial charge in [-0.05, 0) is 25.1 Å². The first-order chi connectivity index (χ1) is 14.8. The number of ether oxygens (including phenoxy) is 2. The number of benzene rings is 2. The van der Waals surface area contributed by atoms with Crippen LogP contribution in [-0.2, 0) is 17.9 Å². The maximum absolute atomic E-state index is 5.75. The van der Waals surface area contributed by atoms with Crippen LogP contribution >= 0.6 is 24.0 Å². The van der Waals surface area contributed by atoms with Crippen molar-refractivity contribution in [2.45, 2.75) is 20.1 Å². The number of oxazole rings is 1. The molecule has 0 fully saturated rings. The van der Waals surface area contributed by atoms with Crippen LogP contribution in [0, 0.1) is 0 Å². The molecule has 2 aromatic carbocycles. The van der Waals surface area contributed by atoms with E-state index >= 15 is 0 Å². The topological polar surface area (TPSA) is 80.9 Å². The van der Waals surface area contributed by atoms with Gasteiger partial charge in [-0.25, -0.2) is 9.98 Å². The van der Waals surface area contributed by atoms with Gasteiger partial charge in [0.05, 0.1) is 26.9 Å². The monoisotopic (exact) mass is 536 g/mol. The fourth-order valence-corrected chi connectivity index (χ4v) is 2.84. The second-order valence-electron chi connectivity index (χ2n) is 6.50. The smallest absolute Gasteiger partial charge is 0.226 e. The van der Waals surface area contributed by atoms with Gasteiger partial charge in [0.2, 0.25) is 5.89 Å². The second-order valence-corrected chi connectivity index (χ2v) is 6.50. The first kappa shape index (κ1) is 24.7. The Morgan fingerprint density at radius 2 is 1.84 bits per heavy atom. The third-order valence-corrected chi connectivity index (χ3v) is 4.30. The number of hydrogen-bond donors (Lipinski definition) is 2. The van der Waals surface area contributed by atoms with Gasteiger partial charge in [-0.2, -0.15) is 0 Å². The van der Waals surface area contributed by atoms with Crippen LogP contribution < -0.4 is 15.4 Å². The molecule has 8 heteroatoms. The summed E-state index contributed by atoms with van der Waals surface area (Å²) in [6.45, 7) is 4.90. The Morgan fingerprint density at radius 3 is 2.61 bits per heavy atom. The van der Waals surface area contributed by atoms with E-state index in [0.717, 1.165) is 29.1 Å². The van der Waals surface area contributed by atoms with E-state index in [4.69, 9.17) is 13.9 Å². The predicted molar refractivity (Wildman–Crippen MR) is 133 cm³/mol. The van der Waals surface area contributed by atoms with Crippen LogP contribution in [0.15, 0.2) is 70.3 Å². The molecule has 0 amide bonds. The Balaban J connectivity index is 0.00000341. The number of methoxy groups -OCH3 is 1. The first-order valence-corrected chi connectivity index (χ1v) is 10.0. The van der Waals surface area contributed by atoms with Crippen molar-refractivity contribution in [1.29, 1.82) is 0 Å². The lowest BCUT2D eigenvalue weighted by Gasteiger charge is -2.12. The highest BCUT2D eigenvalue weighted by Crippen LogP contribution is 2.18. The van der Waals surface area contributed by atoms with Crippen molar-refractivity contribution < 1.29 is 13.9 Å². The van der Waals surface area contributed by atoms with Crippen molar-refractivity contribution in [3.63, 3.8) is 0 Å². The molecule has 1 heterocycles. The number of aromatic nitrogens is 1. The Labute approximate surface area is 200 Å². The summed E-state index contributed by atoms with van der Waals surface area (Å²) >= 11 is 0. The fraction of sp³-hybridized carbons (Fsp3) is 0.304. The van der Waals surface area contributed by atoms with Crippen LogP contribution in [0.2, 0.25) is 0 Å². The van der Waals surface area contributed by atoms with E-state index in [0.29, 0.717) is 38.2 Å². The van der Waals surface area contributed by atoms with Crippen molar-refractivity contribution in [1.82, 2.24) is 15.6 Å². The van der Waals surface area contributed by atoms with Gasteiger partial charge >= 0.3 is 0 Å². The molecule has 0 radical (unpaired) electrons. The maximum atomic E-state index is 5.75. The van der Waals surface area contributed by atoms with Crippen molar-refractivity contribution in [2.24, 2.45) is 4.99 Å². The molecule has 0 atom stereocenters. The van der Waals surface area contributed by atoms with Gasteiger partial charge < -0.3 is 24.5 Å². The van der Waals surface area contributed by atoms with Crippen molar-refractivity contribution in [3.8, 4) is 17.2 Å². The van der Waals surface area contributed by atoms with Crippen molar-refractivity contribution in [3.05, 3.63) is 72.1 Å². The highest BCUT2D eigenvalue weighted by atomic mass is 127. The fourth-order valence-electron chi connectivity index (χ4n) is 2.84. The molecular formula is C23H29IN4O3. The summed E-state index contributed by atoms with van der Waals surface area (Å²) in [6.07, 6.45) is 1.64. The maximum Gasteiger partial charge on any atom is 0.226 e. The van der Waals surface area contributed by atoms with Gasteiger partial charge in [-0.3, -0.25) is 0 Å². The average Bonchev–Trinajstić information content (AvgIpc) is 3.27. The highest BCUT2D eigenvalue weighted by Gasteiger charge is 2.06. The molecule has 3 rings (SSSR count). The molecule has 31 heavy (non-hydrogen) atoms. The molecule has 7 nitrogen and oxygen atoms in total. The summed E-state index contributed by atoms with van der Waals surface area (Å²) in [5.41, 5.74) is 2.75. The molecule has 3 aromatic rings. The number of para-hydroxylation sites is 1. The summed E-state index contributed by atoms with van der Waals surface area (Å²) in [6, 6.07) is 17.7. The summed E-state index contributed by atoms with van der Waals surface area (Å²) in [5.74, 6) is 2.15. The Morgan fingerprint density at radius 1 is 1.06 bits per heavy atom. The van der Waals surface area contributed by atoms with E-state index in [1.165, 1.54) is 0 Å². The summed E-state index contributed by atoms with van der Waals surface area (Å²) < 4.78 is 16.7. The number of halogens is 1. The number of nitrogens with one attached hydrogen (secondary N) is 2. The quantitative estimate of drug-likeness (QED) is 0.175. The lowest BCUT2D eigenvalue weighted by Crippen LogP contribution is -2.39. The summed E-state index contributed by atoms with van der Waals surface area (Å²) in [4.78, 5) is 9.08. The number of rotatable bonds is 10. The summed E-state index contributed by atoms with van der Waals surface area (Å²) in [7, 11) is 1.66. The van der Waals surface area contributed by atoms with Crippen LogP contribution in [0.25, 0.3) is 11.5 Å². The average molecular weight is 536 g/mol. The lowest BCUT2D eigenvalue weighted by molar-refractivity contribution is 0.123. The molecule has 2 N–H and O–H groups in total. The molecular weight excluding hydrogens is 507 g/mol. The van der Waals surface area contributed by atoms with Crippen LogP contribution in [-0.4, -0.2) is 37.7 Å². The van der Waals surface area contributed by atoms with Gasteiger partial charge in [-0.15, -0.1) is 24.0 Å². The van der Waals surface area contributed by atoms with Gasteiger partial charge in [0.15, 0.2) is 5.96 Å². The van der Waals surface area contributed by atoms with Crippen molar-refractivity contribution in [2.75, 3.05) is 26.8 Å². The molecule has 0 spiro atoms. The standard InChI is InChI=1S/C23H28N4O3.HI/c1-3-24-23(25-13-14-29-16-19-11-7-8-12-21(19)28-2)26-15-20-17-30-22(27-20)18-9-5-4-6-10-18;/h4-12,17H,3,13-16H2,1-2H3,(H2,24,25,26);1H. The van der Waals surface area contributed by atoms with E-state index < -0.39 is 0 Å². The number of hydrogen-bond acceptors (Lipinski definition) is 5. The van der Waals surface area contributed by atoms with E-state index in [1.54, 1.807) is 13.4 Å². The third-order valence-electron chi connectivity index (χ3n) is 4.30. The van der Waals surface area contributed by atoms with E-state index in [-0.39, 0.29) is 24.0 Å². The predicted octanol–water partition coefficient (Wildman–Crippen LogP) is 4.24. The van der Waals surface area contributed by atoms with Crippen LogP contribution in [0.4, 0.5) is 0 Å². The van der Waals surface area contributed by atoms with Crippen molar-refractivity contribution >= 4 is 29.9 Å². The molecule has 0 saturated carbocycles. The lowest BCUT2D eigenvalue weighted by atomic mass is 10.2. The molecule has 0 bridgehead atoms. The minimum Gasteiger partial charge on any atom is -0.496 e.